The van der Waals surface area contributed by atoms with Crippen LogP contribution in [0, 0.1) is 45.9 Å². The number of fused-ring (bicyclic) bond motifs is 8. The summed E-state index contributed by atoms with van der Waals surface area (Å²) >= 11 is 0. The molecular formula is C60H61NO. The summed E-state index contributed by atoms with van der Waals surface area (Å²) in [6.45, 7) is 21.9. The van der Waals surface area contributed by atoms with Crippen LogP contribution < -0.4 is 0 Å². The molecule has 9 aromatic rings. The Kier molecular flexibility index (Phi) is 14.6. The summed E-state index contributed by atoms with van der Waals surface area (Å²) in [5.74, 6) is 0.518. The van der Waals surface area contributed by atoms with Crippen LogP contribution in [-0.4, -0.2) is 0 Å². The van der Waals surface area contributed by atoms with E-state index in [2.05, 4.69) is 190 Å². The van der Waals surface area contributed by atoms with Crippen molar-refractivity contribution in [2.75, 3.05) is 0 Å². The molecule has 0 amide bonds. The monoisotopic (exact) mass is 811 g/mol. The zero-order valence-corrected chi connectivity index (χ0v) is 38.3. The number of furan rings is 1. The van der Waals surface area contributed by atoms with Crippen molar-refractivity contribution in [3.05, 3.63) is 225 Å². The smallest absolute Gasteiger partial charge is 0.135 e. The van der Waals surface area contributed by atoms with Gasteiger partial charge in [0.1, 0.15) is 11.2 Å². The summed E-state index contributed by atoms with van der Waals surface area (Å²) in [5.41, 5.74) is 17.9. The molecule has 0 unspecified atom stereocenters. The molecule has 1 aliphatic rings. The number of hydrogen-bond acceptors (Lipinski definition) is 2. The Hall–Kier alpha value is -6.69. The van der Waals surface area contributed by atoms with Crippen LogP contribution in [0.5, 0.6) is 0 Å². The van der Waals surface area contributed by atoms with Crippen LogP contribution in [-0.2, 0) is 11.8 Å². The summed E-state index contributed by atoms with van der Waals surface area (Å²) in [6, 6.07) is 61.1. The summed E-state index contributed by atoms with van der Waals surface area (Å²) < 4.78 is 5.84. The molecule has 0 saturated heterocycles. The first kappa shape index (κ1) is 44.9. The van der Waals surface area contributed by atoms with Gasteiger partial charge in [0.15, 0.2) is 0 Å². The number of benzene rings is 8. The van der Waals surface area contributed by atoms with Crippen LogP contribution in [0.2, 0.25) is 0 Å². The summed E-state index contributed by atoms with van der Waals surface area (Å²) in [7, 11) is 0. The number of hydrogen-bond donors (Lipinski definition) is 0. The van der Waals surface area contributed by atoms with Gasteiger partial charge in [0.25, 0.3) is 0 Å². The van der Waals surface area contributed by atoms with Gasteiger partial charge >= 0.3 is 0 Å². The average Bonchev–Trinajstić information content (AvgIpc) is 3.78. The molecule has 1 aliphatic carbocycles. The number of nitriles is 1. The highest BCUT2D eigenvalue weighted by Crippen LogP contribution is 2.52. The lowest BCUT2D eigenvalue weighted by Crippen LogP contribution is -2.15. The van der Waals surface area contributed by atoms with E-state index in [4.69, 9.17) is 9.68 Å². The van der Waals surface area contributed by atoms with Gasteiger partial charge in [-0.25, -0.2) is 0 Å². The standard InChI is InChI=1S/C21H20.C15H14O.C8H7N.2C8H10/c1-13-9-10-17-18(11-13)21(3,4)19-12-14(2)15-7-5-6-8-16(15)20(17)19;1-10(2)11-7-5-9-14-15(11)12-6-3-4-8-13(12)16-14;1-7-2-4-8(6-9)5-3-7;1-7-3-5-8(2)6-4-7;1-2-8-6-4-3-5-7-8/h5-12H,1-4H3;3-10H,1-2H3;2-5H,1H3;3-6H,1-2H3;3-7H,2H2,1H3. The van der Waals surface area contributed by atoms with Gasteiger partial charge < -0.3 is 4.42 Å². The molecule has 1 aromatic heterocycles. The van der Waals surface area contributed by atoms with E-state index in [0.717, 1.165) is 23.2 Å². The summed E-state index contributed by atoms with van der Waals surface area (Å²) in [4.78, 5) is 0. The predicted molar refractivity (Wildman–Crippen MR) is 266 cm³/mol. The topological polar surface area (TPSA) is 36.9 Å². The Morgan fingerprint density at radius 3 is 1.65 bits per heavy atom. The van der Waals surface area contributed by atoms with Gasteiger partial charge in [-0.15, -0.1) is 0 Å². The lowest BCUT2D eigenvalue weighted by Gasteiger charge is -2.22. The van der Waals surface area contributed by atoms with E-state index in [1.54, 1.807) is 0 Å². The molecule has 62 heavy (non-hydrogen) atoms. The van der Waals surface area contributed by atoms with Crippen molar-refractivity contribution in [3.8, 4) is 17.2 Å². The van der Waals surface area contributed by atoms with E-state index in [9.17, 15) is 0 Å². The first-order valence-corrected chi connectivity index (χ1v) is 21.9. The molecule has 0 atom stereocenters. The normalized spacial score (nSPS) is 11.7. The number of rotatable bonds is 2. The first-order valence-electron chi connectivity index (χ1n) is 21.9. The molecule has 0 aliphatic heterocycles. The quantitative estimate of drug-likeness (QED) is 0.174. The van der Waals surface area contributed by atoms with Crippen molar-refractivity contribution < 1.29 is 4.42 Å². The third kappa shape index (κ3) is 10.4. The van der Waals surface area contributed by atoms with Gasteiger partial charge in [-0.2, -0.15) is 5.26 Å². The van der Waals surface area contributed by atoms with Gasteiger partial charge in [-0.1, -0.05) is 202 Å². The molecule has 312 valence electrons. The van der Waals surface area contributed by atoms with Crippen LogP contribution >= 0.6 is 0 Å². The Morgan fingerprint density at radius 2 is 1.06 bits per heavy atom. The van der Waals surface area contributed by atoms with Gasteiger partial charge in [0.05, 0.1) is 11.6 Å². The van der Waals surface area contributed by atoms with E-state index in [1.807, 2.05) is 55.5 Å². The molecular weight excluding hydrogens is 751 g/mol. The van der Waals surface area contributed by atoms with Crippen molar-refractivity contribution in [3.63, 3.8) is 0 Å². The third-order valence-corrected chi connectivity index (χ3v) is 11.7. The largest absolute Gasteiger partial charge is 0.456 e. The fourth-order valence-corrected chi connectivity index (χ4v) is 8.14. The minimum Gasteiger partial charge on any atom is -0.456 e. The van der Waals surface area contributed by atoms with Crippen LogP contribution in [0.25, 0.3) is 43.8 Å². The first-order chi connectivity index (χ1) is 29.8. The SMILES string of the molecule is CC(C)c1cccc2oc3ccccc3c12.CCc1ccccc1.Cc1ccc(C#N)cc1.Cc1ccc(C)cc1.Cc1ccc2c(c1)C(C)(C)c1cc(C)c3ccccc3c1-2. The molecule has 8 aromatic carbocycles. The fourth-order valence-electron chi connectivity index (χ4n) is 8.14. The number of para-hydroxylation sites is 1. The highest BCUT2D eigenvalue weighted by Gasteiger charge is 2.36. The summed E-state index contributed by atoms with van der Waals surface area (Å²) in [6.07, 6.45) is 1.14. The maximum atomic E-state index is 8.38. The molecule has 0 saturated carbocycles. The zero-order valence-electron chi connectivity index (χ0n) is 38.3. The predicted octanol–water partition coefficient (Wildman–Crippen LogP) is 16.9. The minimum absolute atomic E-state index is 0.0888. The fraction of sp³-hybridized carbons (Fsp3) is 0.217. The molecule has 0 radical (unpaired) electrons. The number of nitrogens with zero attached hydrogens (tertiary/aromatic N) is 1. The van der Waals surface area contributed by atoms with Gasteiger partial charge in [-0.3, -0.25) is 0 Å². The minimum atomic E-state index is 0.0888. The molecule has 2 nitrogen and oxygen atoms in total. The van der Waals surface area contributed by atoms with E-state index in [0.29, 0.717) is 5.92 Å². The third-order valence-electron chi connectivity index (χ3n) is 11.7. The lowest BCUT2D eigenvalue weighted by atomic mass is 9.81. The highest BCUT2D eigenvalue weighted by atomic mass is 16.3. The molecule has 0 fully saturated rings. The second kappa shape index (κ2) is 20.2. The van der Waals surface area contributed by atoms with E-state index in [1.165, 1.54) is 82.7 Å². The maximum Gasteiger partial charge on any atom is 0.135 e. The second-order valence-corrected chi connectivity index (χ2v) is 17.3. The molecule has 1 heterocycles. The van der Waals surface area contributed by atoms with Crippen LogP contribution in [0.1, 0.15) is 96.2 Å². The van der Waals surface area contributed by atoms with Crippen molar-refractivity contribution in [2.45, 2.75) is 87.0 Å². The van der Waals surface area contributed by atoms with Crippen molar-refractivity contribution in [2.24, 2.45) is 0 Å². The Morgan fingerprint density at radius 1 is 0.532 bits per heavy atom. The molecule has 0 spiro atoms. The van der Waals surface area contributed by atoms with Crippen molar-refractivity contribution in [1.29, 1.82) is 5.26 Å². The van der Waals surface area contributed by atoms with Gasteiger partial charge in [-0.05, 0) is 121 Å². The highest BCUT2D eigenvalue weighted by molar-refractivity contribution is 6.07. The molecule has 0 bridgehead atoms. The van der Waals surface area contributed by atoms with E-state index in [-0.39, 0.29) is 5.41 Å². The molecule has 10 rings (SSSR count). The Balaban J connectivity index is 0.000000138. The Labute approximate surface area is 370 Å². The van der Waals surface area contributed by atoms with Crippen LogP contribution in [0.3, 0.4) is 0 Å². The van der Waals surface area contributed by atoms with Crippen LogP contribution in [0.4, 0.5) is 0 Å². The van der Waals surface area contributed by atoms with Gasteiger partial charge in [0.2, 0.25) is 0 Å². The number of aryl methyl sites for hydroxylation is 6. The van der Waals surface area contributed by atoms with Crippen LogP contribution in [0.15, 0.2) is 174 Å². The molecule has 0 N–H and O–H groups in total. The second-order valence-electron chi connectivity index (χ2n) is 17.3. The Bertz CT molecular complexity index is 2900. The van der Waals surface area contributed by atoms with Gasteiger partial charge in [0, 0.05) is 16.2 Å². The van der Waals surface area contributed by atoms with Crippen molar-refractivity contribution >= 4 is 32.7 Å². The maximum absolute atomic E-state index is 8.38. The van der Waals surface area contributed by atoms with E-state index >= 15 is 0 Å². The molecule has 2 heteroatoms. The summed E-state index contributed by atoms with van der Waals surface area (Å²) in [5, 5.41) is 13.6. The lowest BCUT2D eigenvalue weighted by molar-refractivity contribution is 0.659. The van der Waals surface area contributed by atoms with Crippen molar-refractivity contribution in [1.82, 2.24) is 0 Å². The van der Waals surface area contributed by atoms with E-state index < -0.39 is 0 Å². The average molecular weight is 812 g/mol. The zero-order chi connectivity index (χ0) is 44.4.